The lowest BCUT2D eigenvalue weighted by Gasteiger charge is -2.17. The van der Waals surface area contributed by atoms with Gasteiger partial charge in [0.25, 0.3) is 0 Å². The first-order chi connectivity index (χ1) is 8.17. The molecule has 0 atom stereocenters. The summed E-state index contributed by atoms with van der Waals surface area (Å²) < 4.78 is 5.70. The summed E-state index contributed by atoms with van der Waals surface area (Å²) in [6, 6.07) is 5.79. The minimum Gasteiger partial charge on any atom is -0.494 e. The molecule has 2 nitrogen and oxygen atoms in total. The van der Waals surface area contributed by atoms with Crippen molar-refractivity contribution in [1.29, 1.82) is 0 Å². The third-order valence-electron chi connectivity index (χ3n) is 2.91. The molecule has 0 bridgehead atoms. The number of rotatable bonds is 7. The largest absolute Gasteiger partial charge is 0.494 e. The number of benzene rings is 1. The van der Waals surface area contributed by atoms with Crippen LogP contribution in [0.15, 0.2) is 18.2 Å². The summed E-state index contributed by atoms with van der Waals surface area (Å²) in [5.74, 6) is 0.909. The fourth-order valence-corrected chi connectivity index (χ4v) is 1.84. The molecule has 1 rings (SSSR count). The number of hydrogen-bond donors (Lipinski definition) is 0. The fraction of sp³-hybridized carbons (Fsp3) is 0.571. The van der Waals surface area contributed by atoms with Gasteiger partial charge in [-0.15, -0.1) is 0 Å². The fourth-order valence-electron chi connectivity index (χ4n) is 1.72. The molecule has 0 aromatic heterocycles. The average molecular weight is 256 g/mol. The summed E-state index contributed by atoms with van der Waals surface area (Å²) in [6.45, 7) is 10.4. The molecule has 0 saturated carbocycles. The quantitative estimate of drug-likeness (QED) is 0.688. The summed E-state index contributed by atoms with van der Waals surface area (Å²) >= 11 is 5.96. The van der Waals surface area contributed by atoms with E-state index in [1.165, 1.54) is 0 Å². The molecule has 0 spiro atoms. The normalized spacial score (nSPS) is 10.9. The number of halogens is 1. The first kappa shape index (κ1) is 14.3. The Morgan fingerprint density at radius 2 is 1.94 bits per heavy atom. The molecule has 0 aliphatic heterocycles. The molecule has 96 valence electrons. The predicted octanol–water partition coefficient (Wildman–Crippen LogP) is 3.76. The average Bonchev–Trinajstić information content (AvgIpc) is 2.34. The van der Waals surface area contributed by atoms with Gasteiger partial charge < -0.3 is 9.64 Å². The van der Waals surface area contributed by atoms with E-state index in [4.69, 9.17) is 16.3 Å². The second-order valence-electron chi connectivity index (χ2n) is 4.14. The first-order valence-corrected chi connectivity index (χ1v) is 6.66. The van der Waals surface area contributed by atoms with Crippen LogP contribution in [-0.4, -0.2) is 31.1 Å². The number of hydrogen-bond acceptors (Lipinski definition) is 2. The molecule has 3 heteroatoms. The van der Waals surface area contributed by atoms with Gasteiger partial charge in [-0.25, -0.2) is 0 Å². The van der Waals surface area contributed by atoms with E-state index in [1.807, 2.05) is 25.1 Å². The van der Waals surface area contributed by atoms with Crippen molar-refractivity contribution in [3.05, 3.63) is 28.8 Å². The zero-order chi connectivity index (χ0) is 12.7. The molecule has 0 N–H and O–H groups in total. The van der Waals surface area contributed by atoms with Crippen molar-refractivity contribution >= 4 is 11.6 Å². The number of ether oxygens (including phenoxy) is 1. The Bertz CT molecular complexity index is 337. The third-order valence-corrected chi connectivity index (χ3v) is 3.34. The van der Waals surface area contributed by atoms with Gasteiger partial charge in [0, 0.05) is 11.6 Å². The van der Waals surface area contributed by atoms with Crippen LogP contribution in [0.3, 0.4) is 0 Å². The van der Waals surface area contributed by atoms with Gasteiger partial charge in [0.05, 0.1) is 6.61 Å². The summed E-state index contributed by atoms with van der Waals surface area (Å²) in [7, 11) is 0. The van der Waals surface area contributed by atoms with Gasteiger partial charge in [0.1, 0.15) is 5.75 Å². The lowest BCUT2D eigenvalue weighted by molar-refractivity contribution is 0.249. The Labute approximate surface area is 110 Å². The minimum atomic E-state index is 0.761. The van der Waals surface area contributed by atoms with Crippen molar-refractivity contribution in [3.63, 3.8) is 0 Å². The monoisotopic (exact) mass is 255 g/mol. The second-order valence-corrected chi connectivity index (χ2v) is 4.55. The molecule has 0 fully saturated rings. The zero-order valence-electron chi connectivity index (χ0n) is 11.0. The number of aryl methyl sites for hydroxylation is 1. The summed E-state index contributed by atoms with van der Waals surface area (Å²) in [5.41, 5.74) is 1.06. The molecule has 0 aliphatic rings. The van der Waals surface area contributed by atoms with E-state index in [-0.39, 0.29) is 0 Å². The summed E-state index contributed by atoms with van der Waals surface area (Å²) in [5, 5.41) is 0.792. The van der Waals surface area contributed by atoms with Crippen LogP contribution in [0.4, 0.5) is 0 Å². The standard InChI is InChI=1S/C14H22ClNO/c1-4-16(5-2)9-6-10-17-13-7-8-14(15)12(3)11-13/h7-8,11H,4-6,9-10H2,1-3H3. The zero-order valence-corrected chi connectivity index (χ0v) is 11.8. The molecule has 17 heavy (non-hydrogen) atoms. The van der Waals surface area contributed by atoms with Crippen LogP contribution >= 0.6 is 11.6 Å². The highest BCUT2D eigenvalue weighted by molar-refractivity contribution is 6.31. The summed E-state index contributed by atoms with van der Waals surface area (Å²) in [4.78, 5) is 2.40. The molecular weight excluding hydrogens is 234 g/mol. The van der Waals surface area contributed by atoms with E-state index in [2.05, 4.69) is 18.7 Å². The highest BCUT2D eigenvalue weighted by atomic mass is 35.5. The van der Waals surface area contributed by atoms with Gasteiger partial charge in [0.15, 0.2) is 0 Å². The molecular formula is C14H22ClNO. The van der Waals surface area contributed by atoms with E-state index in [1.54, 1.807) is 0 Å². The Kier molecular flexibility index (Phi) is 6.38. The van der Waals surface area contributed by atoms with Crippen LogP contribution < -0.4 is 4.74 Å². The molecule has 1 aromatic rings. The second kappa shape index (κ2) is 7.57. The van der Waals surface area contributed by atoms with Crippen molar-refractivity contribution in [3.8, 4) is 5.75 Å². The van der Waals surface area contributed by atoms with Crippen molar-refractivity contribution in [1.82, 2.24) is 4.90 Å². The maximum absolute atomic E-state index is 5.96. The predicted molar refractivity (Wildman–Crippen MR) is 74.1 cm³/mol. The van der Waals surface area contributed by atoms with Gasteiger partial charge >= 0.3 is 0 Å². The Morgan fingerprint density at radius 3 is 2.53 bits per heavy atom. The van der Waals surface area contributed by atoms with Crippen LogP contribution in [0.5, 0.6) is 5.75 Å². The summed E-state index contributed by atoms with van der Waals surface area (Å²) in [6.07, 6.45) is 1.06. The van der Waals surface area contributed by atoms with Crippen LogP contribution in [0.1, 0.15) is 25.8 Å². The maximum Gasteiger partial charge on any atom is 0.119 e. The van der Waals surface area contributed by atoms with E-state index in [0.717, 1.165) is 49.0 Å². The number of nitrogens with zero attached hydrogens (tertiary/aromatic N) is 1. The topological polar surface area (TPSA) is 12.5 Å². The van der Waals surface area contributed by atoms with E-state index in [9.17, 15) is 0 Å². The third kappa shape index (κ3) is 4.97. The van der Waals surface area contributed by atoms with Gasteiger partial charge in [-0.2, -0.15) is 0 Å². The highest BCUT2D eigenvalue weighted by Gasteiger charge is 2.00. The van der Waals surface area contributed by atoms with E-state index in [0.29, 0.717) is 0 Å². The lowest BCUT2D eigenvalue weighted by atomic mass is 10.2. The molecule has 0 amide bonds. The van der Waals surface area contributed by atoms with Crippen molar-refractivity contribution in [2.45, 2.75) is 27.2 Å². The molecule has 1 aromatic carbocycles. The highest BCUT2D eigenvalue weighted by Crippen LogP contribution is 2.21. The van der Waals surface area contributed by atoms with Crippen LogP contribution in [0.2, 0.25) is 5.02 Å². The smallest absolute Gasteiger partial charge is 0.119 e. The molecule has 0 heterocycles. The molecule has 0 radical (unpaired) electrons. The molecule has 0 unspecified atom stereocenters. The van der Waals surface area contributed by atoms with E-state index >= 15 is 0 Å². The molecule has 0 saturated heterocycles. The van der Waals surface area contributed by atoms with Crippen LogP contribution in [-0.2, 0) is 0 Å². The Morgan fingerprint density at radius 1 is 1.24 bits per heavy atom. The minimum absolute atomic E-state index is 0.761. The van der Waals surface area contributed by atoms with Gasteiger partial charge in [-0.1, -0.05) is 25.4 Å². The van der Waals surface area contributed by atoms with Crippen molar-refractivity contribution in [2.24, 2.45) is 0 Å². The van der Waals surface area contributed by atoms with E-state index < -0.39 is 0 Å². The molecule has 0 aliphatic carbocycles. The Hall–Kier alpha value is -0.730. The lowest BCUT2D eigenvalue weighted by Crippen LogP contribution is -2.25. The van der Waals surface area contributed by atoms with Gasteiger partial charge in [-0.05, 0) is 50.2 Å². The van der Waals surface area contributed by atoms with Gasteiger partial charge in [0.2, 0.25) is 0 Å². The van der Waals surface area contributed by atoms with Crippen molar-refractivity contribution in [2.75, 3.05) is 26.2 Å². The van der Waals surface area contributed by atoms with Gasteiger partial charge in [-0.3, -0.25) is 0 Å². The van der Waals surface area contributed by atoms with Crippen molar-refractivity contribution < 1.29 is 4.74 Å². The van der Waals surface area contributed by atoms with Crippen LogP contribution in [0.25, 0.3) is 0 Å². The Balaban J connectivity index is 2.28. The SMILES string of the molecule is CCN(CC)CCCOc1ccc(Cl)c(C)c1. The maximum atomic E-state index is 5.96. The van der Waals surface area contributed by atoms with Crippen LogP contribution in [0, 0.1) is 6.92 Å². The first-order valence-electron chi connectivity index (χ1n) is 6.28.